The summed E-state index contributed by atoms with van der Waals surface area (Å²) in [4.78, 5) is 29.3. The number of aromatic nitrogens is 3. The van der Waals surface area contributed by atoms with E-state index >= 15 is 0 Å². The van der Waals surface area contributed by atoms with Crippen molar-refractivity contribution in [2.45, 2.75) is 26.6 Å². The molecule has 1 fully saturated rings. The number of nitrogens with zero attached hydrogens (tertiary/aromatic N) is 4. The lowest BCUT2D eigenvalue weighted by Crippen LogP contribution is -2.45. The van der Waals surface area contributed by atoms with Gasteiger partial charge in [-0.25, -0.2) is 9.97 Å². The van der Waals surface area contributed by atoms with Crippen molar-refractivity contribution in [1.82, 2.24) is 24.8 Å². The SMILES string of the molecule is CCN1CCN(Cc2ccc(NC(=O)c3ccc(C)c(Oc4ncnc5cc6[nH]ccc6cc45)c3)cc2C(F)(F)F)CC1. The summed E-state index contributed by atoms with van der Waals surface area (Å²) in [5.41, 5.74) is 2.13. The lowest BCUT2D eigenvalue weighted by molar-refractivity contribution is -0.138. The van der Waals surface area contributed by atoms with Crippen molar-refractivity contribution in [3.8, 4) is 11.6 Å². The smallest absolute Gasteiger partial charge is 0.416 e. The summed E-state index contributed by atoms with van der Waals surface area (Å²) >= 11 is 0. The van der Waals surface area contributed by atoms with Gasteiger partial charge in [0.2, 0.25) is 5.88 Å². The van der Waals surface area contributed by atoms with Crippen LogP contribution in [0.15, 0.2) is 67.1 Å². The van der Waals surface area contributed by atoms with E-state index in [2.05, 4.69) is 32.1 Å². The van der Waals surface area contributed by atoms with E-state index in [1.54, 1.807) is 18.2 Å². The van der Waals surface area contributed by atoms with Gasteiger partial charge in [0.1, 0.15) is 12.1 Å². The molecule has 11 heteroatoms. The van der Waals surface area contributed by atoms with E-state index in [0.29, 0.717) is 35.6 Å². The van der Waals surface area contributed by atoms with E-state index in [0.717, 1.165) is 42.2 Å². The molecular formula is C32H31F3N6O2. The number of ether oxygens (including phenoxy) is 1. The van der Waals surface area contributed by atoms with Gasteiger partial charge in [-0.15, -0.1) is 0 Å². The third kappa shape index (κ3) is 6.18. The van der Waals surface area contributed by atoms with Gasteiger partial charge in [-0.05, 0) is 67.1 Å². The summed E-state index contributed by atoms with van der Waals surface area (Å²) in [6.07, 6.45) is -1.31. The molecule has 5 aromatic rings. The number of H-pyrrole nitrogens is 1. The first-order valence-electron chi connectivity index (χ1n) is 14.1. The Kier molecular flexibility index (Phi) is 7.76. The predicted octanol–water partition coefficient (Wildman–Crippen LogP) is 6.62. The minimum absolute atomic E-state index is 0.0669. The van der Waals surface area contributed by atoms with Crippen LogP contribution in [0.4, 0.5) is 18.9 Å². The first kappa shape index (κ1) is 28.6. The molecule has 8 nitrogen and oxygen atoms in total. The molecule has 0 saturated carbocycles. The Morgan fingerprint density at radius 1 is 1.00 bits per heavy atom. The number of rotatable bonds is 7. The van der Waals surface area contributed by atoms with Crippen LogP contribution >= 0.6 is 0 Å². The van der Waals surface area contributed by atoms with Crippen molar-refractivity contribution in [2.24, 2.45) is 0 Å². The molecule has 0 radical (unpaired) electrons. The number of carbonyl (C=O) groups is 1. The van der Waals surface area contributed by atoms with Gasteiger partial charge in [-0.1, -0.05) is 19.1 Å². The Morgan fingerprint density at radius 2 is 1.79 bits per heavy atom. The lowest BCUT2D eigenvalue weighted by atomic mass is 10.0. The van der Waals surface area contributed by atoms with Crippen LogP contribution in [0, 0.1) is 6.92 Å². The van der Waals surface area contributed by atoms with Gasteiger partial charge in [0.25, 0.3) is 5.91 Å². The quantitative estimate of drug-likeness (QED) is 0.222. The van der Waals surface area contributed by atoms with Gasteiger partial charge in [0.05, 0.1) is 16.5 Å². The minimum atomic E-state index is -4.56. The number of piperazine rings is 1. The average molecular weight is 589 g/mol. The number of nitrogens with one attached hydrogen (secondary N) is 2. The molecule has 222 valence electrons. The average Bonchev–Trinajstić information content (AvgIpc) is 3.45. The molecular weight excluding hydrogens is 557 g/mol. The number of likely N-dealkylation sites (N-methyl/N-ethyl adjacent to an activating group) is 1. The van der Waals surface area contributed by atoms with Crippen LogP contribution < -0.4 is 10.1 Å². The fraction of sp³-hybridized carbons (Fsp3) is 0.281. The van der Waals surface area contributed by atoms with Gasteiger partial charge >= 0.3 is 6.18 Å². The number of alkyl halides is 3. The number of halogens is 3. The van der Waals surface area contributed by atoms with Crippen LogP contribution in [0.25, 0.3) is 21.8 Å². The molecule has 0 atom stereocenters. The number of fused-ring (bicyclic) bond motifs is 2. The van der Waals surface area contributed by atoms with Crippen molar-refractivity contribution < 1.29 is 22.7 Å². The van der Waals surface area contributed by atoms with Crippen LogP contribution in [0.1, 0.15) is 34.0 Å². The maximum Gasteiger partial charge on any atom is 0.416 e. The molecule has 2 aromatic heterocycles. The molecule has 1 aliphatic heterocycles. The van der Waals surface area contributed by atoms with Crippen LogP contribution in [0.2, 0.25) is 0 Å². The number of hydrogen-bond acceptors (Lipinski definition) is 6. The van der Waals surface area contributed by atoms with E-state index in [9.17, 15) is 18.0 Å². The molecule has 0 aliphatic carbocycles. The number of hydrogen-bond donors (Lipinski definition) is 2. The monoisotopic (exact) mass is 588 g/mol. The Hall–Kier alpha value is -4.48. The van der Waals surface area contributed by atoms with Gasteiger partial charge in [0, 0.05) is 61.1 Å². The van der Waals surface area contributed by atoms with E-state index in [-0.39, 0.29) is 23.4 Å². The second-order valence-electron chi connectivity index (χ2n) is 10.7. The first-order chi connectivity index (χ1) is 20.7. The fourth-order valence-electron chi connectivity index (χ4n) is 5.38. The van der Waals surface area contributed by atoms with Crippen molar-refractivity contribution in [2.75, 3.05) is 38.0 Å². The number of carbonyl (C=O) groups excluding carboxylic acids is 1. The highest BCUT2D eigenvalue weighted by atomic mass is 19.4. The highest BCUT2D eigenvalue weighted by Gasteiger charge is 2.34. The Morgan fingerprint density at radius 3 is 2.56 bits per heavy atom. The van der Waals surface area contributed by atoms with E-state index < -0.39 is 17.6 Å². The Bertz CT molecular complexity index is 1790. The third-order valence-electron chi connectivity index (χ3n) is 7.91. The fourth-order valence-corrected chi connectivity index (χ4v) is 5.38. The molecule has 1 saturated heterocycles. The van der Waals surface area contributed by atoms with Crippen molar-refractivity contribution in [1.29, 1.82) is 0 Å². The number of benzene rings is 3. The van der Waals surface area contributed by atoms with Gasteiger partial charge < -0.3 is 19.9 Å². The molecule has 1 aliphatic rings. The van der Waals surface area contributed by atoms with Crippen LogP contribution in [0.3, 0.4) is 0 Å². The maximum absolute atomic E-state index is 14.1. The standard InChI is InChI=1S/C32H31F3N6O2/c1-3-40-10-12-41(13-11-40)18-23-6-7-24(16-26(23)32(33,34)35)39-30(42)22-5-4-20(2)29(15-22)43-31-25-14-21-8-9-36-27(21)17-28(25)37-19-38-31/h4-9,14-17,19,36H,3,10-13,18H2,1-2H3,(H,39,42). The highest BCUT2D eigenvalue weighted by Crippen LogP contribution is 2.35. The van der Waals surface area contributed by atoms with Gasteiger partial charge in [-0.2, -0.15) is 13.2 Å². The largest absolute Gasteiger partial charge is 0.438 e. The van der Waals surface area contributed by atoms with Crippen LogP contribution in [-0.2, 0) is 12.7 Å². The van der Waals surface area contributed by atoms with Crippen molar-refractivity contribution in [3.63, 3.8) is 0 Å². The molecule has 2 N–H and O–H groups in total. The molecule has 1 amide bonds. The summed E-state index contributed by atoms with van der Waals surface area (Å²) < 4.78 is 48.4. The Balaban J connectivity index is 1.21. The number of aromatic amines is 1. The molecule has 0 spiro atoms. The van der Waals surface area contributed by atoms with Crippen molar-refractivity contribution in [3.05, 3.63) is 89.4 Å². The number of amides is 1. The maximum atomic E-state index is 14.1. The first-order valence-corrected chi connectivity index (χ1v) is 14.1. The zero-order chi connectivity index (χ0) is 30.1. The van der Waals surface area contributed by atoms with Crippen molar-refractivity contribution >= 4 is 33.4 Å². The molecule has 0 bridgehead atoms. The van der Waals surface area contributed by atoms with E-state index in [1.807, 2.05) is 36.2 Å². The second-order valence-corrected chi connectivity index (χ2v) is 10.7. The zero-order valence-electron chi connectivity index (χ0n) is 23.8. The highest BCUT2D eigenvalue weighted by molar-refractivity contribution is 6.04. The normalized spacial score (nSPS) is 14.8. The minimum Gasteiger partial charge on any atom is -0.438 e. The number of anilines is 1. The van der Waals surface area contributed by atoms with Crippen LogP contribution in [0.5, 0.6) is 11.6 Å². The second kappa shape index (κ2) is 11.7. The predicted molar refractivity (Wildman–Crippen MR) is 159 cm³/mol. The zero-order valence-corrected chi connectivity index (χ0v) is 23.8. The van der Waals surface area contributed by atoms with Gasteiger partial charge in [0.15, 0.2) is 0 Å². The summed E-state index contributed by atoms with van der Waals surface area (Å²) in [5.74, 6) is 0.176. The molecule has 0 unspecified atom stereocenters. The Labute approximate surface area is 246 Å². The molecule has 6 rings (SSSR count). The number of aryl methyl sites for hydroxylation is 1. The van der Waals surface area contributed by atoms with Gasteiger partial charge in [-0.3, -0.25) is 9.69 Å². The molecule has 43 heavy (non-hydrogen) atoms. The summed E-state index contributed by atoms with van der Waals surface area (Å²) in [7, 11) is 0. The third-order valence-corrected chi connectivity index (χ3v) is 7.91. The lowest BCUT2D eigenvalue weighted by Gasteiger charge is -2.34. The van der Waals surface area contributed by atoms with E-state index in [4.69, 9.17) is 4.74 Å². The summed E-state index contributed by atoms with van der Waals surface area (Å²) in [5, 5.41) is 4.31. The van der Waals surface area contributed by atoms with Crippen LogP contribution in [-0.4, -0.2) is 63.4 Å². The summed E-state index contributed by atoms with van der Waals surface area (Å²) in [6.45, 7) is 8.13. The van der Waals surface area contributed by atoms with E-state index in [1.165, 1.54) is 18.5 Å². The topological polar surface area (TPSA) is 86.4 Å². The molecule has 3 heterocycles. The molecule has 3 aromatic carbocycles. The summed E-state index contributed by atoms with van der Waals surface area (Å²) in [6, 6.07) is 14.6.